The summed E-state index contributed by atoms with van der Waals surface area (Å²) in [5.74, 6) is -0.590. The average Bonchev–Trinajstić information content (AvgIpc) is 3.13. The summed E-state index contributed by atoms with van der Waals surface area (Å²) in [6.45, 7) is 5.98. The molecule has 1 aliphatic heterocycles. The lowest BCUT2D eigenvalue weighted by Crippen LogP contribution is -2.69. The van der Waals surface area contributed by atoms with E-state index in [2.05, 4.69) is 19.2 Å². The summed E-state index contributed by atoms with van der Waals surface area (Å²) in [4.78, 5) is 28.1. The predicted octanol–water partition coefficient (Wildman–Crippen LogP) is 8.83. The van der Waals surface area contributed by atoms with E-state index in [0.29, 0.717) is 13.0 Å². The molecule has 0 saturated carbocycles. The molecule has 52 heavy (non-hydrogen) atoms. The van der Waals surface area contributed by atoms with Gasteiger partial charge in [-0.25, -0.2) is 0 Å². The van der Waals surface area contributed by atoms with Crippen molar-refractivity contribution >= 4 is 11.8 Å². The molecule has 0 aliphatic carbocycles. The number of nitrogens with two attached hydrogens (primary N) is 1. The van der Waals surface area contributed by atoms with E-state index >= 15 is 0 Å². The molecular weight excluding hydrogens is 654 g/mol. The van der Waals surface area contributed by atoms with Gasteiger partial charge in [0.05, 0.1) is 12.6 Å². The van der Waals surface area contributed by atoms with Gasteiger partial charge in [0.2, 0.25) is 11.8 Å². The third kappa shape index (κ3) is 22.8. The number of amides is 2. The molecule has 308 valence electrons. The molecule has 1 fully saturated rings. The van der Waals surface area contributed by atoms with Crippen molar-refractivity contribution in [2.24, 2.45) is 5.73 Å². The van der Waals surface area contributed by atoms with Gasteiger partial charge >= 0.3 is 0 Å². The Morgan fingerprint density at radius 1 is 0.615 bits per heavy atom. The fourth-order valence-electron chi connectivity index (χ4n) is 7.48. The van der Waals surface area contributed by atoms with E-state index in [1.165, 1.54) is 148 Å². The van der Waals surface area contributed by atoms with Crippen LogP contribution in [-0.4, -0.2) is 81.8 Å². The van der Waals surface area contributed by atoms with E-state index < -0.39 is 49.1 Å². The molecular formula is C43H85N3O6. The van der Waals surface area contributed by atoms with Crippen LogP contribution in [0.2, 0.25) is 0 Å². The number of rotatable bonds is 35. The van der Waals surface area contributed by atoms with Crippen molar-refractivity contribution in [3.05, 3.63) is 0 Å². The summed E-state index contributed by atoms with van der Waals surface area (Å²) in [6, 6.07) is -1.90. The second-order valence-electron chi connectivity index (χ2n) is 15.9. The highest BCUT2D eigenvalue weighted by atomic mass is 16.5. The summed E-state index contributed by atoms with van der Waals surface area (Å²) in [7, 11) is 0. The van der Waals surface area contributed by atoms with Crippen LogP contribution in [0, 0.1) is 0 Å². The van der Waals surface area contributed by atoms with Crippen molar-refractivity contribution in [1.29, 1.82) is 0 Å². The van der Waals surface area contributed by atoms with E-state index in [1.54, 1.807) is 11.8 Å². The highest BCUT2D eigenvalue weighted by molar-refractivity contribution is 5.81. The lowest BCUT2D eigenvalue weighted by molar-refractivity contribution is -0.231. The highest BCUT2D eigenvalue weighted by Gasteiger charge is 2.48. The quantitative estimate of drug-likeness (QED) is 0.0409. The first-order valence-electron chi connectivity index (χ1n) is 22.3. The molecule has 2 amide bonds. The number of ether oxygens (including phenoxy) is 1. The molecule has 0 radical (unpaired) electrons. The Balaban J connectivity index is 2.56. The smallest absolute Gasteiger partial charge is 0.237 e. The number of aliphatic hydroxyl groups excluding tert-OH is 3. The van der Waals surface area contributed by atoms with E-state index in [0.717, 1.165) is 38.5 Å². The van der Waals surface area contributed by atoms with Gasteiger partial charge in [0.25, 0.3) is 0 Å². The minimum Gasteiger partial charge on any atom is -0.394 e. The highest BCUT2D eigenvalue weighted by Crippen LogP contribution is 2.26. The molecule has 0 spiro atoms. The summed E-state index contributed by atoms with van der Waals surface area (Å²) >= 11 is 0. The van der Waals surface area contributed by atoms with Gasteiger partial charge in [0.1, 0.15) is 24.4 Å². The van der Waals surface area contributed by atoms with Gasteiger partial charge in [-0.05, 0) is 19.8 Å². The molecule has 6 N–H and O–H groups in total. The van der Waals surface area contributed by atoms with Crippen molar-refractivity contribution in [2.45, 2.75) is 250 Å². The number of nitrogens with one attached hydrogen (secondary N) is 1. The number of hydrogen-bond acceptors (Lipinski definition) is 7. The third-order valence-electron chi connectivity index (χ3n) is 11.0. The monoisotopic (exact) mass is 740 g/mol. The fourth-order valence-corrected chi connectivity index (χ4v) is 7.48. The first kappa shape index (κ1) is 48.8. The Labute approximate surface area is 320 Å². The van der Waals surface area contributed by atoms with Crippen LogP contribution in [0.5, 0.6) is 0 Å². The van der Waals surface area contributed by atoms with Crippen LogP contribution in [0.1, 0.15) is 213 Å². The van der Waals surface area contributed by atoms with E-state index in [4.69, 9.17) is 10.5 Å². The molecule has 9 nitrogen and oxygen atoms in total. The molecule has 0 aromatic carbocycles. The summed E-state index contributed by atoms with van der Waals surface area (Å²) in [5, 5.41) is 34.3. The molecule has 1 rings (SSSR count). The fraction of sp³-hybridized carbons (Fsp3) is 0.953. The molecule has 0 aromatic rings. The minimum atomic E-state index is -1.42. The zero-order valence-corrected chi connectivity index (χ0v) is 34.2. The Bertz CT molecular complexity index is 846. The maximum Gasteiger partial charge on any atom is 0.237 e. The standard InChI is InChI=1S/C43H85N3O6/c1-4-6-8-10-12-14-16-18-20-21-23-25-27-29-31-33-38(48)46(34-32-30-28-26-24-22-19-17-15-13-11-9-7-5-2)43-39(45-42(51)36(3)44)41(50)40(49)37(35-47)52-43/h36-37,39-41,43,47,49-50H,4-35,44H2,1-3H3,(H,45,51)/t36-,37+,39+,40+,41+,43+/m0/s1. The van der Waals surface area contributed by atoms with Crippen LogP contribution >= 0.6 is 0 Å². The number of carbonyl (C=O) groups excluding carboxylic acids is 2. The summed E-state index contributed by atoms with van der Waals surface area (Å²) < 4.78 is 6.08. The van der Waals surface area contributed by atoms with Crippen LogP contribution in [0.3, 0.4) is 0 Å². The number of nitrogens with zero attached hydrogens (tertiary/aromatic N) is 1. The molecule has 6 atom stereocenters. The zero-order chi connectivity index (χ0) is 38.2. The van der Waals surface area contributed by atoms with Gasteiger partial charge in [-0.15, -0.1) is 0 Å². The normalized spacial score (nSPS) is 20.9. The first-order chi connectivity index (χ1) is 25.3. The predicted molar refractivity (Wildman–Crippen MR) is 215 cm³/mol. The molecule has 1 saturated heterocycles. The Hall–Kier alpha value is -1.26. The van der Waals surface area contributed by atoms with Crippen LogP contribution in [0.4, 0.5) is 0 Å². The number of unbranched alkanes of at least 4 members (excludes halogenated alkanes) is 27. The summed E-state index contributed by atoms with van der Waals surface area (Å²) in [5.41, 5.74) is 5.82. The van der Waals surface area contributed by atoms with Crippen molar-refractivity contribution in [2.75, 3.05) is 13.2 Å². The van der Waals surface area contributed by atoms with Crippen molar-refractivity contribution in [3.63, 3.8) is 0 Å². The Morgan fingerprint density at radius 3 is 1.35 bits per heavy atom. The maximum absolute atomic E-state index is 13.8. The van der Waals surface area contributed by atoms with Gasteiger partial charge in [0, 0.05) is 13.0 Å². The number of aliphatic hydroxyl groups is 3. The van der Waals surface area contributed by atoms with E-state index in [9.17, 15) is 24.9 Å². The van der Waals surface area contributed by atoms with Gasteiger partial charge in [-0.2, -0.15) is 0 Å². The van der Waals surface area contributed by atoms with Crippen molar-refractivity contribution in [3.8, 4) is 0 Å². The first-order valence-corrected chi connectivity index (χ1v) is 22.3. The van der Waals surface area contributed by atoms with Gasteiger partial charge in [-0.1, -0.05) is 187 Å². The van der Waals surface area contributed by atoms with Gasteiger partial charge in [-0.3, -0.25) is 9.59 Å². The Morgan fingerprint density at radius 2 is 0.981 bits per heavy atom. The zero-order valence-electron chi connectivity index (χ0n) is 34.2. The van der Waals surface area contributed by atoms with Crippen LogP contribution < -0.4 is 11.1 Å². The SMILES string of the molecule is CCCCCCCCCCCCCCCCCC(=O)N(CCCCCCCCCCCCCCCC)[C@@H]1O[C@H](CO)[C@@H](O)[C@H](O)[C@H]1NC(=O)[C@H](C)N. The summed E-state index contributed by atoms with van der Waals surface area (Å²) in [6.07, 6.45) is 31.5. The molecule has 1 aliphatic rings. The van der Waals surface area contributed by atoms with Gasteiger partial charge in [0.15, 0.2) is 6.23 Å². The maximum atomic E-state index is 13.8. The van der Waals surface area contributed by atoms with Crippen LogP contribution in [0.15, 0.2) is 0 Å². The molecule has 0 unspecified atom stereocenters. The lowest BCUT2D eigenvalue weighted by atomic mass is 9.94. The molecule has 9 heteroatoms. The molecule has 0 bridgehead atoms. The second kappa shape index (κ2) is 33.1. The number of hydrogen-bond donors (Lipinski definition) is 5. The van der Waals surface area contributed by atoms with Crippen LogP contribution in [0.25, 0.3) is 0 Å². The third-order valence-corrected chi connectivity index (χ3v) is 11.0. The molecule has 0 aromatic heterocycles. The average molecular weight is 740 g/mol. The Kier molecular flexibility index (Phi) is 31.0. The lowest BCUT2D eigenvalue weighted by Gasteiger charge is -2.47. The van der Waals surface area contributed by atoms with Crippen molar-refractivity contribution in [1.82, 2.24) is 10.2 Å². The van der Waals surface area contributed by atoms with E-state index in [-0.39, 0.29) is 5.91 Å². The minimum absolute atomic E-state index is 0.0882. The second-order valence-corrected chi connectivity index (χ2v) is 15.9. The number of carbonyl (C=O) groups is 2. The molecule has 1 heterocycles. The van der Waals surface area contributed by atoms with Crippen LogP contribution in [-0.2, 0) is 14.3 Å². The van der Waals surface area contributed by atoms with Crippen molar-refractivity contribution < 1.29 is 29.6 Å². The largest absolute Gasteiger partial charge is 0.394 e. The topological polar surface area (TPSA) is 145 Å². The van der Waals surface area contributed by atoms with Gasteiger partial charge < -0.3 is 36.0 Å². The van der Waals surface area contributed by atoms with E-state index in [1.807, 2.05) is 0 Å².